The molecule has 5 nitrogen and oxygen atoms in total. The number of hydrogen-bond donors (Lipinski definition) is 2. The van der Waals surface area contributed by atoms with Gasteiger partial charge in [0, 0.05) is 11.1 Å². The van der Waals surface area contributed by atoms with Gasteiger partial charge in [0.05, 0.1) is 11.3 Å². The van der Waals surface area contributed by atoms with E-state index < -0.39 is 5.91 Å². The molecule has 0 unspecified atom stereocenters. The number of primary amides is 1. The zero-order valence-corrected chi connectivity index (χ0v) is 10.5. The maximum Gasteiger partial charge on any atom is 0.255 e. The lowest BCUT2D eigenvalue weighted by atomic mass is 10.1. The molecule has 0 aliphatic rings. The Kier molecular flexibility index (Phi) is 3.91. The molecule has 0 fully saturated rings. The molecule has 0 atom stereocenters. The van der Waals surface area contributed by atoms with Gasteiger partial charge < -0.3 is 11.1 Å². The SMILES string of the molecule is NC(=O)c1ccccc1NC(=O)c1ccc(C=O)cc1. The molecule has 2 amide bonds. The van der Waals surface area contributed by atoms with Crippen LogP contribution in [0.4, 0.5) is 5.69 Å². The molecule has 2 aromatic rings. The van der Waals surface area contributed by atoms with Gasteiger partial charge in [-0.1, -0.05) is 24.3 Å². The molecule has 0 aromatic heterocycles. The topological polar surface area (TPSA) is 89.3 Å². The molecule has 3 N–H and O–H groups in total. The second kappa shape index (κ2) is 5.79. The smallest absolute Gasteiger partial charge is 0.255 e. The van der Waals surface area contributed by atoms with Gasteiger partial charge in [-0.3, -0.25) is 14.4 Å². The van der Waals surface area contributed by atoms with Crippen molar-refractivity contribution in [3.8, 4) is 0 Å². The second-order valence-electron chi connectivity index (χ2n) is 4.10. The fourth-order valence-corrected chi connectivity index (χ4v) is 1.71. The number of nitrogens with one attached hydrogen (secondary N) is 1. The van der Waals surface area contributed by atoms with Crippen LogP contribution < -0.4 is 11.1 Å². The van der Waals surface area contributed by atoms with E-state index in [-0.39, 0.29) is 11.5 Å². The highest BCUT2D eigenvalue weighted by Crippen LogP contribution is 2.15. The zero-order chi connectivity index (χ0) is 14.5. The van der Waals surface area contributed by atoms with Crippen LogP contribution in [0, 0.1) is 0 Å². The average molecular weight is 268 g/mol. The summed E-state index contributed by atoms with van der Waals surface area (Å²) < 4.78 is 0. The lowest BCUT2D eigenvalue weighted by molar-refractivity contribution is 0.100. The number of nitrogens with two attached hydrogens (primary N) is 1. The summed E-state index contributed by atoms with van der Waals surface area (Å²) in [6.07, 6.45) is 0.698. The van der Waals surface area contributed by atoms with Crippen molar-refractivity contribution >= 4 is 23.8 Å². The summed E-state index contributed by atoms with van der Waals surface area (Å²) in [4.78, 5) is 33.8. The molecule has 2 aromatic carbocycles. The molecule has 0 bridgehead atoms. The van der Waals surface area contributed by atoms with Gasteiger partial charge in [0.25, 0.3) is 11.8 Å². The summed E-state index contributed by atoms with van der Waals surface area (Å²) in [5.74, 6) is -0.992. The van der Waals surface area contributed by atoms with Gasteiger partial charge >= 0.3 is 0 Å². The van der Waals surface area contributed by atoms with E-state index in [0.717, 1.165) is 0 Å². The molecule has 0 spiro atoms. The van der Waals surface area contributed by atoms with Gasteiger partial charge in [-0.05, 0) is 24.3 Å². The van der Waals surface area contributed by atoms with Gasteiger partial charge in [0.2, 0.25) is 0 Å². The van der Waals surface area contributed by atoms with Gasteiger partial charge in [-0.2, -0.15) is 0 Å². The zero-order valence-electron chi connectivity index (χ0n) is 10.5. The summed E-state index contributed by atoms with van der Waals surface area (Å²) in [6.45, 7) is 0. The Balaban J connectivity index is 2.23. The maximum absolute atomic E-state index is 12.0. The van der Waals surface area contributed by atoms with Crippen molar-refractivity contribution in [3.05, 3.63) is 65.2 Å². The van der Waals surface area contributed by atoms with Crippen molar-refractivity contribution < 1.29 is 14.4 Å². The average Bonchev–Trinajstić information content (AvgIpc) is 2.47. The van der Waals surface area contributed by atoms with E-state index in [2.05, 4.69) is 5.32 Å². The number of benzene rings is 2. The van der Waals surface area contributed by atoms with Crippen LogP contribution in [0.1, 0.15) is 31.1 Å². The van der Waals surface area contributed by atoms with Gasteiger partial charge in [-0.25, -0.2) is 0 Å². The first kappa shape index (κ1) is 13.5. The molecule has 0 saturated heterocycles. The monoisotopic (exact) mass is 268 g/mol. The van der Waals surface area contributed by atoms with E-state index >= 15 is 0 Å². The summed E-state index contributed by atoms with van der Waals surface area (Å²) in [6, 6.07) is 12.6. The first-order valence-corrected chi connectivity index (χ1v) is 5.87. The summed E-state index contributed by atoms with van der Waals surface area (Å²) in [5.41, 5.74) is 6.70. The van der Waals surface area contributed by atoms with Crippen molar-refractivity contribution in [2.45, 2.75) is 0 Å². The molecule has 20 heavy (non-hydrogen) atoms. The number of carbonyl (C=O) groups is 3. The number of aldehydes is 1. The number of hydrogen-bond acceptors (Lipinski definition) is 3. The van der Waals surface area contributed by atoms with Crippen LogP contribution in [-0.2, 0) is 0 Å². The number of rotatable bonds is 4. The third kappa shape index (κ3) is 2.89. The van der Waals surface area contributed by atoms with Crippen molar-refractivity contribution in [1.29, 1.82) is 0 Å². The van der Waals surface area contributed by atoms with Crippen LogP contribution in [0.15, 0.2) is 48.5 Å². The summed E-state index contributed by atoms with van der Waals surface area (Å²) >= 11 is 0. The first-order valence-electron chi connectivity index (χ1n) is 5.87. The number of anilines is 1. The van der Waals surface area contributed by atoms with Gasteiger partial charge in [0.1, 0.15) is 6.29 Å². The fraction of sp³-hybridized carbons (Fsp3) is 0. The minimum Gasteiger partial charge on any atom is -0.366 e. The highest BCUT2D eigenvalue weighted by Gasteiger charge is 2.11. The minimum absolute atomic E-state index is 0.241. The van der Waals surface area contributed by atoms with Crippen LogP contribution in [0.3, 0.4) is 0 Å². The van der Waals surface area contributed by atoms with Crippen molar-refractivity contribution in [3.63, 3.8) is 0 Å². The minimum atomic E-state index is -0.614. The standard InChI is InChI=1S/C15H12N2O3/c16-14(19)12-3-1-2-4-13(12)17-15(20)11-7-5-10(9-18)6-8-11/h1-9H,(H2,16,19)(H,17,20). The van der Waals surface area contributed by atoms with E-state index in [0.29, 0.717) is 23.1 Å². The Bertz CT molecular complexity index is 663. The normalized spacial score (nSPS) is 9.80. The van der Waals surface area contributed by atoms with Gasteiger partial charge in [-0.15, -0.1) is 0 Å². The van der Waals surface area contributed by atoms with Crippen LogP contribution >= 0.6 is 0 Å². The summed E-state index contributed by atoms with van der Waals surface area (Å²) in [7, 11) is 0. The van der Waals surface area contributed by atoms with E-state index in [9.17, 15) is 14.4 Å². The van der Waals surface area contributed by atoms with Crippen LogP contribution in [0.5, 0.6) is 0 Å². The Labute approximate surface area is 115 Å². The van der Waals surface area contributed by atoms with E-state index in [1.807, 2.05) is 0 Å². The van der Waals surface area contributed by atoms with Crippen LogP contribution in [0.2, 0.25) is 0 Å². The predicted octanol–water partition coefficient (Wildman–Crippen LogP) is 1.85. The highest BCUT2D eigenvalue weighted by atomic mass is 16.2. The molecule has 100 valence electrons. The first-order chi connectivity index (χ1) is 9.61. The molecule has 0 aliphatic carbocycles. The van der Waals surface area contributed by atoms with E-state index in [1.165, 1.54) is 18.2 Å². The fourth-order valence-electron chi connectivity index (χ4n) is 1.71. The van der Waals surface area contributed by atoms with Gasteiger partial charge in [0.15, 0.2) is 0 Å². The molecule has 5 heteroatoms. The number of para-hydroxylation sites is 1. The lowest BCUT2D eigenvalue weighted by Crippen LogP contribution is -2.18. The molecule has 2 rings (SSSR count). The quantitative estimate of drug-likeness (QED) is 0.829. The molecular weight excluding hydrogens is 256 g/mol. The molecule has 0 saturated carbocycles. The molecule has 0 heterocycles. The Morgan fingerprint density at radius 1 is 1.00 bits per heavy atom. The van der Waals surface area contributed by atoms with Crippen LogP contribution in [-0.4, -0.2) is 18.1 Å². The second-order valence-corrected chi connectivity index (χ2v) is 4.10. The molecule has 0 radical (unpaired) electrons. The Morgan fingerprint density at radius 2 is 1.65 bits per heavy atom. The molecule has 0 aliphatic heterocycles. The number of carbonyl (C=O) groups excluding carboxylic acids is 3. The molecular formula is C15H12N2O3. The van der Waals surface area contributed by atoms with Crippen molar-refractivity contribution in [2.75, 3.05) is 5.32 Å². The van der Waals surface area contributed by atoms with Crippen LogP contribution in [0.25, 0.3) is 0 Å². The maximum atomic E-state index is 12.0. The van der Waals surface area contributed by atoms with E-state index in [4.69, 9.17) is 5.73 Å². The summed E-state index contributed by atoms with van der Waals surface area (Å²) in [5, 5.41) is 2.62. The lowest BCUT2D eigenvalue weighted by Gasteiger charge is -2.08. The van der Waals surface area contributed by atoms with Crippen molar-refractivity contribution in [2.24, 2.45) is 5.73 Å². The Morgan fingerprint density at radius 3 is 2.25 bits per heavy atom. The third-order valence-corrected chi connectivity index (χ3v) is 2.75. The Hall–Kier alpha value is -2.95. The van der Waals surface area contributed by atoms with Crippen molar-refractivity contribution in [1.82, 2.24) is 0 Å². The predicted molar refractivity (Wildman–Crippen MR) is 74.7 cm³/mol. The largest absolute Gasteiger partial charge is 0.366 e. The van der Waals surface area contributed by atoms with E-state index in [1.54, 1.807) is 30.3 Å². The third-order valence-electron chi connectivity index (χ3n) is 2.75. The number of amides is 2. The highest BCUT2D eigenvalue weighted by molar-refractivity contribution is 6.08.